The number of alkyl halides is 3. The smallest absolute Gasteiger partial charge is 0.408 e. The molecule has 0 aliphatic carbocycles. The fraction of sp³-hybridized carbons (Fsp3) is 0.455. The Balaban J connectivity index is 1.86. The third-order valence-electron chi connectivity index (χ3n) is 5.51. The molecule has 0 spiro atoms. The highest BCUT2D eigenvalue weighted by molar-refractivity contribution is 5.84. The fourth-order valence-corrected chi connectivity index (χ4v) is 4.11. The van der Waals surface area contributed by atoms with E-state index in [1.165, 1.54) is 0 Å². The summed E-state index contributed by atoms with van der Waals surface area (Å²) in [6, 6.07) is 8.76. The molecule has 0 saturated carbocycles. The zero-order valence-electron chi connectivity index (χ0n) is 16.4. The zero-order valence-corrected chi connectivity index (χ0v) is 16.4. The van der Waals surface area contributed by atoms with Crippen LogP contribution < -0.4 is 4.74 Å². The van der Waals surface area contributed by atoms with Gasteiger partial charge in [0.15, 0.2) is 0 Å². The van der Waals surface area contributed by atoms with Gasteiger partial charge in [-0.15, -0.1) is 0 Å². The van der Waals surface area contributed by atoms with Crippen LogP contribution in [0.4, 0.5) is 13.2 Å². The molecule has 3 nitrogen and oxygen atoms in total. The first-order chi connectivity index (χ1) is 13.4. The zero-order chi connectivity index (χ0) is 20.3. The van der Waals surface area contributed by atoms with Crippen LogP contribution in [0.1, 0.15) is 31.4 Å². The van der Waals surface area contributed by atoms with E-state index in [1.807, 2.05) is 19.1 Å². The minimum Gasteiger partial charge on any atom is -0.501 e. The molecule has 6 heteroatoms. The Morgan fingerprint density at radius 2 is 1.71 bits per heavy atom. The van der Waals surface area contributed by atoms with Crippen molar-refractivity contribution >= 4 is 10.8 Å². The molecular formula is C22H26F3NO2. The minimum absolute atomic E-state index is 0.184. The van der Waals surface area contributed by atoms with Gasteiger partial charge >= 0.3 is 6.18 Å². The minimum atomic E-state index is -4.34. The predicted molar refractivity (Wildman–Crippen MR) is 104 cm³/mol. The van der Waals surface area contributed by atoms with Gasteiger partial charge in [-0.1, -0.05) is 18.2 Å². The van der Waals surface area contributed by atoms with Crippen LogP contribution in [0, 0.1) is 5.92 Å². The van der Waals surface area contributed by atoms with E-state index in [-0.39, 0.29) is 11.5 Å². The second-order valence-electron chi connectivity index (χ2n) is 7.12. The van der Waals surface area contributed by atoms with Crippen molar-refractivity contribution < 1.29 is 22.6 Å². The number of benzene rings is 2. The molecule has 152 valence electrons. The number of halogens is 3. The Morgan fingerprint density at radius 3 is 2.29 bits per heavy atom. The Labute approximate surface area is 163 Å². The molecule has 0 N–H and O–H groups in total. The molecule has 1 unspecified atom stereocenters. The second-order valence-corrected chi connectivity index (χ2v) is 7.12. The maximum Gasteiger partial charge on any atom is 0.408 e. The summed E-state index contributed by atoms with van der Waals surface area (Å²) < 4.78 is 52.6. The number of allylic oxidation sites excluding steroid dienone is 2. The summed E-state index contributed by atoms with van der Waals surface area (Å²) in [4.78, 5) is 1.55. The molecule has 0 radical (unpaired) electrons. The van der Waals surface area contributed by atoms with Gasteiger partial charge in [0.25, 0.3) is 0 Å². The summed E-state index contributed by atoms with van der Waals surface area (Å²) in [6.45, 7) is 2.67. The molecular weight excluding hydrogens is 367 g/mol. The molecule has 0 amide bonds. The molecule has 1 saturated heterocycles. The Hall–Kier alpha value is -2.21. The van der Waals surface area contributed by atoms with Crippen LogP contribution in [0.25, 0.3) is 10.8 Å². The van der Waals surface area contributed by atoms with Gasteiger partial charge in [0.2, 0.25) is 0 Å². The van der Waals surface area contributed by atoms with Crippen LogP contribution in [0.5, 0.6) is 5.75 Å². The third kappa shape index (κ3) is 4.27. The Kier molecular flexibility index (Phi) is 6.18. The quantitative estimate of drug-likeness (QED) is 0.607. The van der Waals surface area contributed by atoms with Gasteiger partial charge in [-0.25, -0.2) is 0 Å². The lowest BCUT2D eigenvalue weighted by atomic mass is 9.91. The van der Waals surface area contributed by atoms with Gasteiger partial charge in [0.1, 0.15) is 11.8 Å². The highest BCUT2D eigenvalue weighted by atomic mass is 19.4. The number of piperidine rings is 1. The van der Waals surface area contributed by atoms with Gasteiger partial charge in [-0.2, -0.15) is 13.2 Å². The topological polar surface area (TPSA) is 21.7 Å². The van der Waals surface area contributed by atoms with Gasteiger partial charge in [-0.05, 0) is 73.5 Å². The number of rotatable bonds is 5. The number of ether oxygens (including phenoxy) is 2. The summed E-state index contributed by atoms with van der Waals surface area (Å²) in [5.74, 6) is 1.74. The summed E-state index contributed by atoms with van der Waals surface area (Å²) in [6.07, 6.45) is -1.12. The second kappa shape index (κ2) is 8.43. The Bertz CT molecular complexity index is 839. The highest BCUT2D eigenvalue weighted by Gasteiger charge is 2.45. The van der Waals surface area contributed by atoms with E-state index >= 15 is 0 Å². The van der Waals surface area contributed by atoms with Crippen LogP contribution in [0.3, 0.4) is 0 Å². The number of nitrogens with zero attached hydrogens (tertiary/aromatic N) is 1. The van der Waals surface area contributed by atoms with Crippen LogP contribution in [-0.4, -0.2) is 38.4 Å². The average Bonchev–Trinajstić information content (AvgIpc) is 2.68. The van der Waals surface area contributed by atoms with Crippen molar-refractivity contribution in [3.05, 3.63) is 53.8 Å². The lowest BCUT2D eigenvalue weighted by Crippen LogP contribution is -2.43. The summed E-state index contributed by atoms with van der Waals surface area (Å²) in [5, 5.41) is 1.64. The van der Waals surface area contributed by atoms with Crippen molar-refractivity contribution in [3.8, 4) is 5.75 Å². The van der Waals surface area contributed by atoms with Crippen molar-refractivity contribution in [1.29, 1.82) is 0 Å². The first-order valence-electron chi connectivity index (χ1n) is 9.46. The van der Waals surface area contributed by atoms with E-state index in [0.29, 0.717) is 31.7 Å². The van der Waals surface area contributed by atoms with E-state index in [0.717, 1.165) is 16.5 Å². The summed E-state index contributed by atoms with van der Waals surface area (Å²) in [5.41, 5.74) is 0.279. The standard InChI is InChI=1S/C22H26F3NO2/c1-4-20(28-3)15-9-11-26(12-10-15)21(22(23,24)25)18-6-5-17-14-19(27-2)8-7-16(17)13-18/h4-8,13-15,21H,9-12H2,1-3H3/b20-4-. The molecule has 28 heavy (non-hydrogen) atoms. The SMILES string of the molecule is C/C=C(\OC)C1CCN(C(c2ccc3cc(OC)ccc3c2)C(F)(F)F)CC1. The maximum absolute atomic E-state index is 14.0. The van der Waals surface area contributed by atoms with Crippen LogP contribution >= 0.6 is 0 Å². The van der Waals surface area contributed by atoms with Crippen LogP contribution in [-0.2, 0) is 4.74 Å². The Morgan fingerprint density at radius 1 is 1.07 bits per heavy atom. The van der Waals surface area contributed by atoms with Crippen molar-refractivity contribution in [2.24, 2.45) is 5.92 Å². The van der Waals surface area contributed by atoms with E-state index in [2.05, 4.69) is 0 Å². The molecule has 0 aromatic heterocycles. The number of methoxy groups -OCH3 is 2. The monoisotopic (exact) mass is 393 g/mol. The molecule has 1 atom stereocenters. The van der Waals surface area contributed by atoms with E-state index in [1.54, 1.807) is 49.5 Å². The number of likely N-dealkylation sites (tertiary alicyclic amines) is 1. The highest BCUT2D eigenvalue weighted by Crippen LogP contribution is 2.41. The molecule has 1 fully saturated rings. The molecule has 1 aliphatic rings. The average molecular weight is 393 g/mol. The van der Waals surface area contributed by atoms with Crippen LogP contribution in [0.15, 0.2) is 48.2 Å². The van der Waals surface area contributed by atoms with Crippen LogP contribution in [0.2, 0.25) is 0 Å². The lowest BCUT2D eigenvalue weighted by molar-refractivity contribution is -0.189. The van der Waals surface area contributed by atoms with Crippen molar-refractivity contribution in [2.45, 2.75) is 32.0 Å². The number of hydrogen-bond donors (Lipinski definition) is 0. The normalized spacial score (nSPS) is 18.3. The van der Waals surface area contributed by atoms with E-state index < -0.39 is 12.2 Å². The number of hydrogen-bond acceptors (Lipinski definition) is 3. The molecule has 1 heterocycles. The fourth-order valence-electron chi connectivity index (χ4n) is 4.11. The molecule has 3 rings (SSSR count). The molecule has 2 aromatic carbocycles. The summed E-state index contributed by atoms with van der Waals surface area (Å²) in [7, 11) is 3.19. The lowest BCUT2D eigenvalue weighted by Gasteiger charge is -2.38. The van der Waals surface area contributed by atoms with E-state index in [9.17, 15) is 13.2 Å². The maximum atomic E-state index is 14.0. The number of fused-ring (bicyclic) bond motifs is 1. The van der Waals surface area contributed by atoms with Crippen molar-refractivity contribution in [3.63, 3.8) is 0 Å². The molecule has 2 aromatic rings. The van der Waals surface area contributed by atoms with Gasteiger partial charge < -0.3 is 9.47 Å². The molecule has 1 aliphatic heterocycles. The first kappa shape index (κ1) is 20.5. The van der Waals surface area contributed by atoms with Crippen molar-refractivity contribution in [1.82, 2.24) is 4.90 Å². The first-order valence-corrected chi connectivity index (χ1v) is 9.46. The molecule has 0 bridgehead atoms. The third-order valence-corrected chi connectivity index (χ3v) is 5.51. The summed E-state index contributed by atoms with van der Waals surface area (Å²) >= 11 is 0. The van der Waals surface area contributed by atoms with Gasteiger partial charge in [0, 0.05) is 5.92 Å². The van der Waals surface area contributed by atoms with E-state index in [4.69, 9.17) is 9.47 Å². The van der Waals surface area contributed by atoms with Gasteiger partial charge in [-0.3, -0.25) is 4.90 Å². The van der Waals surface area contributed by atoms with Crippen molar-refractivity contribution in [2.75, 3.05) is 27.3 Å². The predicted octanol–water partition coefficient (Wildman–Crippen LogP) is 5.71. The largest absolute Gasteiger partial charge is 0.501 e. The van der Waals surface area contributed by atoms with Gasteiger partial charge in [0.05, 0.1) is 20.0 Å².